The summed E-state index contributed by atoms with van der Waals surface area (Å²) in [6.45, 7) is 1.77. The molecule has 24 heavy (non-hydrogen) atoms. The second-order valence-electron chi connectivity index (χ2n) is 6.48. The van der Waals surface area contributed by atoms with Crippen LogP contribution in [0, 0.1) is 0 Å². The fraction of sp³-hybridized carbons (Fsp3) is 0.500. The molecule has 8 nitrogen and oxygen atoms in total. The van der Waals surface area contributed by atoms with Crippen LogP contribution in [0.3, 0.4) is 0 Å². The molecule has 0 bridgehead atoms. The largest absolute Gasteiger partial charge is 0.347 e. The van der Waals surface area contributed by atoms with Gasteiger partial charge in [-0.25, -0.2) is 9.50 Å². The standard InChI is InChI=1S/C16H22N6O2/c1-10(17)15-18-16-13(21(9-23)8-14(24)20(2)3)6-12(11-4-5-11)7-22(16)19-15/h6-7,9-11H,4-5,8,17H2,1-3H3/t10-/m1/s1. The summed E-state index contributed by atoms with van der Waals surface area (Å²) in [4.78, 5) is 30.9. The molecule has 2 aromatic heterocycles. The number of nitrogens with zero attached hydrogens (tertiary/aromatic N) is 5. The average Bonchev–Trinajstić information content (AvgIpc) is 3.29. The second kappa shape index (κ2) is 6.20. The molecule has 2 N–H and O–H groups in total. The number of amides is 2. The van der Waals surface area contributed by atoms with Crippen molar-refractivity contribution in [2.45, 2.75) is 31.7 Å². The summed E-state index contributed by atoms with van der Waals surface area (Å²) in [6.07, 6.45) is 4.84. The SMILES string of the molecule is C[C@@H](N)c1nc2c(N(C=O)CC(=O)N(C)C)cc(C3CC3)cn2n1. The maximum Gasteiger partial charge on any atom is 0.242 e. The number of rotatable bonds is 6. The van der Waals surface area contributed by atoms with Crippen molar-refractivity contribution in [3.05, 3.63) is 23.7 Å². The zero-order chi connectivity index (χ0) is 17.4. The third kappa shape index (κ3) is 3.09. The lowest BCUT2D eigenvalue weighted by Gasteiger charge is -2.20. The normalized spacial score (nSPS) is 15.3. The number of pyridine rings is 1. The van der Waals surface area contributed by atoms with Gasteiger partial charge in [-0.05, 0) is 37.3 Å². The molecule has 0 spiro atoms. The number of carbonyl (C=O) groups excluding carboxylic acids is 2. The van der Waals surface area contributed by atoms with E-state index in [2.05, 4.69) is 10.1 Å². The van der Waals surface area contributed by atoms with Crippen molar-refractivity contribution in [3.63, 3.8) is 0 Å². The topological polar surface area (TPSA) is 96.8 Å². The van der Waals surface area contributed by atoms with Gasteiger partial charge >= 0.3 is 0 Å². The Kier molecular flexibility index (Phi) is 4.23. The van der Waals surface area contributed by atoms with E-state index in [4.69, 9.17) is 5.73 Å². The molecule has 128 valence electrons. The molecule has 0 radical (unpaired) electrons. The summed E-state index contributed by atoms with van der Waals surface area (Å²) >= 11 is 0. The maximum atomic E-state index is 12.0. The molecular formula is C16H22N6O2. The van der Waals surface area contributed by atoms with Crippen LogP contribution >= 0.6 is 0 Å². The van der Waals surface area contributed by atoms with Crippen LogP contribution in [0.1, 0.15) is 43.1 Å². The van der Waals surface area contributed by atoms with Crippen LogP contribution in [-0.4, -0.2) is 52.5 Å². The van der Waals surface area contributed by atoms with Crippen molar-refractivity contribution in [3.8, 4) is 0 Å². The van der Waals surface area contributed by atoms with Crippen molar-refractivity contribution < 1.29 is 9.59 Å². The van der Waals surface area contributed by atoms with Crippen LogP contribution in [0.25, 0.3) is 5.65 Å². The number of hydrogen-bond acceptors (Lipinski definition) is 5. The van der Waals surface area contributed by atoms with E-state index in [-0.39, 0.29) is 18.5 Å². The summed E-state index contributed by atoms with van der Waals surface area (Å²) in [5, 5.41) is 4.42. The van der Waals surface area contributed by atoms with Gasteiger partial charge in [-0.1, -0.05) is 0 Å². The first-order chi connectivity index (χ1) is 11.4. The first-order valence-corrected chi connectivity index (χ1v) is 7.98. The van der Waals surface area contributed by atoms with Crippen LogP contribution in [0.2, 0.25) is 0 Å². The summed E-state index contributed by atoms with van der Waals surface area (Å²) in [5.41, 5.74) is 8.10. The highest BCUT2D eigenvalue weighted by molar-refractivity contribution is 5.92. The number of fused-ring (bicyclic) bond motifs is 1. The van der Waals surface area contributed by atoms with Crippen molar-refractivity contribution in [1.29, 1.82) is 0 Å². The van der Waals surface area contributed by atoms with Gasteiger partial charge in [0.15, 0.2) is 11.5 Å². The Bertz CT molecular complexity index is 778. The Morgan fingerprint density at radius 1 is 1.50 bits per heavy atom. The number of likely N-dealkylation sites (N-methyl/N-ethyl adjacent to an activating group) is 1. The van der Waals surface area contributed by atoms with Crippen molar-refractivity contribution >= 4 is 23.7 Å². The summed E-state index contributed by atoms with van der Waals surface area (Å²) in [5.74, 6) is 0.826. The van der Waals surface area contributed by atoms with Gasteiger partial charge < -0.3 is 15.5 Å². The molecular weight excluding hydrogens is 308 g/mol. The lowest BCUT2D eigenvalue weighted by Crippen LogP contribution is -2.36. The van der Waals surface area contributed by atoms with E-state index in [0.717, 1.165) is 18.4 Å². The minimum absolute atomic E-state index is 0.0410. The number of hydrogen-bond donors (Lipinski definition) is 1. The third-order valence-electron chi connectivity index (χ3n) is 4.15. The van der Waals surface area contributed by atoms with Gasteiger partial charge in [0, 0.05) is 20.3 Å². The number of aromatic nitrogens is 3. The molecule has 2 amide bonds. The van der Waals surface area contributed by atoms with Crippen LogP contribution < -0.4 is 10.6 Å². The van der Waals surface area contributed by atoms with E-state index < -0.39 is 0 Å². The minimum Gasteiger partial charge on any atom is -0.347 e. The highest BCUT2D eigenvalue weighted by atomic mass is 16.2. The fourth-order valence-corrected chi connectivity index (χ4v) is 2.52. The summed E-state index contributed by atoms with van der Waals surface area (Å²) in [7, 11) is 3.32. The monoisotopic (exact) mass is 330 g/mol. The Balaban J connectivity index is 2.08. The van der Waals surface area contributed by atoms with E-state index in [9.17, 15) is 9.59 Å². The Morgan fingerprint density at radius 3 is 2.75 bits per heavy atom. The molecule has 2 heterocycles. The van der Waals surface area contributed by atoms with E-state index in [1.165, 1.54) is 9.80 Å². The zero-order valence-electron chi connectivity index (χ0n) is 14.1. The Labute approximate surface area is 140 Å². The molecule has 0 saturated heterocycles. The smallest absolute Gasteiger partial charge is 0.242 e. The maximum absolute atomic E-state index is 12.0. The zero-order valence-corrected chi connectivity index (χ0v) is 14.1. The number of anilines is 1. The average molecular weight is 330 g/mol. The lowest BCUT2D eigenvalue weighted by atomic mass is 10.1. The van der Waals surface area contributed by atoms with Crippen LogP contribution in [0.5, 0.6) is 0 Å². The minimum atomic E-state index is -0.310. The molecule has 8 heteroatoms. The molecule has 1 aliphatic carbocycles. The quantitative estimate of drug-likeness (QED) is 0.786. The molecule has 1 aliphatic rings. The molecule has 1 fully saturated rings. The van der Waals surface area contributed by atoms with Gasteiger partial charge in [0.05, 0.1) is 11.7 Å². The highest BCUT2D eigenvalue weighted by Gasteiger charge is 2.27. The van der Waals surface area contributed by atoms with Crippen LogP contribution in [-0.2, 0) is 9.59 Å². The fourth-order valence-electron chi connectivity index (χ4n) is 2.52. The van der Waals surface area contributed by atoms with E-state index in [1.807, 2.05) is 19.2 Å². The van der Waals surface area contributed by atoms with Gasteiger partial charge in [0.2, 0.25) is 12.3 Å². The van der Waals surface area contributed by atoms with Gasteiger partial charge in [-0.3, -0.25) is 9.59 Å². The van der Waals surface area contributed by atoms with E-state index >= 15 is 0 Å². The Morgan fingerprint density at radius 2 is 2.21 bits per heavy atom. The lowest BCUT2D eigenvalue weighted by molar-refractivity contribution is -0.128. The molecule has 2 aromatic rings. The third-order valence-corrected chi connectivity index (χ3v) is 4.15. The van der Waals surface area contributed by atoms with Gasteiger partial charge in [0.25, 0.3) is 0 Å². The second-order valence-corrected chi connectivity index (χ2v) is 6.48. The molecule has 3 rings (SSSR count). The predicted octanol–water partition coefficient (Wildman–Crippen LogP) is 0.677. The number of nitrogens with two attached hydrogens (primary N) is 1. The summed E-state index contributed by atoms with van der Waals surface area (Å²) in [6, 6.07) is 1.62. The van der Waals surface area contributed by atoms with Crippen molar-refractivity contribution in [2.75, 3.05) is 25.5 Å². The van der Waals surface area contributed by atoms with Crippen LogP contribution in [0.15, 0.2) is 12.3 Å². The Hall–Kier alpha value is -2.48. The van der Waals surface area contributed by atoms with Crippen LogP contribution in [0.4, 0.5) is 5.69 Å². The highest BCUT2D eigenvalue weighted by Crippen LogP contribution is 2.41. The molecule has 1 saturated carbocycles. The van der Waals surface area contributed by atoms with E-state index in [1.54, 1.807) is 18.6 Å². The van der Waals surface area contributed by atoms with E-state index in [0.29, 0.717) is 29.5 Å². The first kappa shape index (κ1) is 16.4. The molecule has 1 atom stereocenters. The predicted molar refractivity (Wildman–Crippen MR) is 89.7 cm³/mol. The summed E-state index contributed by atoms with van der Waals surface area (Å²) < 4.78 is 1.66. The van der Waals surface area contributed by atoms with Crippen molar-refractivity contribution in [1.82, 2.24) is 19.5 Å². The van der Waals surface area contributed by atoms with Gasteiger partial charge in [-0.2, -0.15) is 0 Å². The molecule has 0 aliphatic heterocycles. The van der Waals surface area contributed by atoms with Gasteiger partial charge in [-0.15, -0.1) is 5.10 Å². The molecule has 0 unspecified atom stereocenters. The molecule has 0 aromatic carbocycles. The van der Waals surface area contributed by atoms with Crippen molar-refractivity contribution in [2.24, 2.45) is 5.73 Å². The number of carbonyl (C=O) groups is 2. The van der Waals surface area contributed by atoms with Gasteiger partial charge in [0.1, 0.15) is 6.54 Å². The first-order valence-electron chi connectivity index (χ1n) is 7.98.